The predicted octanol–water partition coefficient (Wildman–Crippen LogP) is 3.01. The maximum Gasteiger partial charge on any atom is 0.186 e. The molecule has 21 heavy (non-hydrogen) atoms. The van der Waals surface area contributed by atoms with Gasteiger partial charge in [0.2, 0.25) is 0 Å². The number of benzene rings is 1. The Hall–Kier alpha value is -1.87. The van der Waals surface area contributed by atoms with Crippen LogP contribution in [0, 0.1) is 20.8 Å². The van der Waals surface area contributed by atoms with Gasteiger partial charge in [-0.2, -0.15) is 0 Å². The molecule has 1 aromatic heterocycles. The second kappa shape index (κ2) is 5.49. The molecule has 0 bridgehead atoms. The summed E-state index contributed by atoms with van der Waals surface area (Å²) in [7, 11) is 0. The van der Waals surface area contributed by atoms with E-state index in [-0.39, 0.29) is 5.43 Å². The average molecular weight is 282 g/mol. The highest BCUT2D eigenvalue weighted by Crippen LogP contribution is 2.19. The molecule has 1 N–H and O–H groups in total. The van der Waals surface area contributed by atoms with E-state index < -0.39 is 0 Å². The van der Waals surface area contributed by atoms with Crippen molar-refractivity contribution in [1.29, 1.82) is 0 Å². The molecule has 1 aliphatic carbocycles. The highest BCUT2D eigenvalue weighted by atomic mass is 16.1. The smallest absolute Gasteiger partial charge is 0.186 e. The van der Waals surface area contributed by atoms with Gasteiger partial charge in [0.05, 0.1) is 0 Å². The average Bonchev–Trinajstić information content (AvgIpc) is 3.20. The Bertz CT molecular complexity index is 706. The topological polar surface area (TPSA) is 34.0 Å². The summed E-state index contributed by atoms with van der Waals surface area (Å²) >= 11 is 0. The van der Waals surface area contributed by atoms with Crippen LogP contribution >= 0.6 is 0 Å². The van der Waals surface area contributed by atoms with E-state index in [4.69, 9.17) is 0 Å². The number of aryl methyl sites for hydroxylation is 3. The van der Waals surface area contributed by atoms with E-state index in [1.165, 1.54) is 24.0 Å². The molecule has 1 heterocycles. The van der Waals surface area contributed by atoms with Gasteiger partial charge >= 0.3 is 0 Å². The summed E-state index contributed by atoms with van der Waals surface area (Å²) in [4.78, 5) is 12.1. The van der Waals surface area contributed by atoms with Crippen LogP contribution in [0.5, 0.6) is 0 Å². The van der Waals surface area contributed by atoms with Crippen molar-refractivity contribution in [2.45, 2.75) is 46.2 Å². The standard InChI is InChI=1S/C18H22N2O/c1-12-6-13(2)8-17(7-12)20-11-15(10-19-16-4-5-16)18(21)9-14(20)3/h6-9,11,16,19H,4-5,10H2,1-3H3. The lowest BCUT2D eigenvalue weighted by Gasteiger charge is -2.14. The van der Waals surface area contributed by atoms with Crippen LogP contribution < -0.4 is 10.7 Å². The molecule has 0 spiro atoms. The van der Waals surface area contributed by atoms with Crippen LogP contribution in [0.1, 0.15) is 35.2 Å². The number of nitrogens with zero attached hydrogens (tertiary/aromatic N) is 1. The maximum atomic E-state index is 12.1. The molecule has 1 aliphatic rings. The van der Waals surface area contributed by atoms with Crippen LogP contribution in [0.15, 0.2) is 35.3 Å². The van der Waals surface area contributed by atoms with E-state index in [2.05, 4.69) is 41.9 Å². The zero-order valence-electron chi connectivity index (χ0n) is 12.9. The minimum absolute atomic E-state index is 0.126. The van der Waals surface area contributed by atoms with E-state index >= 15 is 0 Å². The molecule has 3 rings (SSSR count). The lowest BCUT2D eigenvalue weighted by Crippen LogP contribution is -2.22. The van der Waals surface area contributed by atoms with Crippen LogP contribution in [-0.4, -0.2) is 10.6 Å². The van der Waals surface area contributed by atoms with Crippen LogP contribution in [0.4, 0.5) is 0 Å². The van der Waals surface area contributed by atoms with Crippen molar-refractivity contribution in [3.63, 3.8) is 0 Å². The van der Waals surface area contributed by atoms with Crippen molar-refractivity contribution >= 4 is 0 Å². The third kappa shape index (κ3) is 3.24. The van der Waals surface area contributed by atoms with Crippen LogP contribution in [0.2, 0.25) is 0 Å². The number of nitrogens with one attached hydrogen (secondary N) is 1. The Morgan fingerprint density at radius 3 is 2.38 bits per heavy atom. The van der Waals surface area contributed by atoms with Gasteiger partial charge in [0.15, 0.2) is 5.43 Å². The molecule has 3 heteroatoms. The Morgan fingerprint density at radius 2 is 1.76 bits per heavy atom. The molecular formula is C18H22N2O. The summed E-state index contributed by atoms with van der Waals surface area (Å²) in [6.45, 7) is 6.85. The van der Waals surface area contributed by atoms with E-state index in [9.17, 15) is 4.79 Å². The SMILES string of the molecule is Cc1cc(C)cc(-n2cc(CNC3CC3)c(=O)cc2C)c1. The van der Waals surface area contributed by atoms with E-state index in [0.29, 0.717) is 12.6 Å². The van der Waals surface area contributed by atoms with E-state index in [0.717, 1.165) is 16.9 Å². The van der Waals surface area contributed by atoms with Crippen molar-refractivity contribution in [3.8, 4) is 5.69 Å². The minimum atomic E-state index is 0.126. The van der Waals surface area contributed by atoms with Crippen molar-refractivity contribution in [3.05, 3.63) is 63.1 Å². The van der Waals surface area contributed by atoms with Crippen molar-refractivity contribution in [2.75, 3.05) is 0 Å². The molecule has 0 atom stereocenters. The highest BCUT2D eigenvalue weighted by Gasteiger charge is 2.20. The van der Waals surface area contributed by atoms with E-state index in [1.54, 1.807) is 6.07 Å². The summed E-state index contributed by atoms with van der Waals surface area (Å²) in [5.41, 5.74) is 5.53. The molecule has 2 aromatic rings. The molecule has 0 aliphatic heterocycles. The maximum absolute atomic E-state index is 12.1. The monoisotopic (exact) mass is 282 g/mol. The van der Waals surface area contributed by atoms with Crippen LogP contribution in [0.25, 0.3) is 5.69 Å². The Balaban J connectivity index is 1.99. The van der Waals surface area contributed by atoms with Gasteiger partial charge in [-0.15, -0.1) is 0 Å². The fraction of sp³-hybridized carbons (Fsp3) is 0.389. The molecule has 0 radical (unpaired) electrons. The van der Waals surface area contributed by atoms with Gasteiger partial charge in [0, 0.05) is 41.8 Å². The number of hydrogen-bond donors (Lipinski definition) is 1. The van der Waals surface area contributed by atoms with Crippen LogP contribution in [-0.2, 0) is 6.54 Å². The quantitative estimate of drug-likeness (QED) is 0.935. The lowest BCUT2D eigenvalue weighted by atomic mass is 10.1. The first-order valence-electron chi connectivity index (χ1n) is 7.57. The van der Waals surface area contributed by atoms with Crippen molar-refractivity contribution in [1.82, 2.24) is 9.88 Å². The van der Waals surface area contributed by atoms with Gasteiger partial charge in [0.1, 0.15) is 0 Å². The van der Waals surface area contributed by atoms with Gasteiger partial charge in [0.25, 0.3) is 0 Å². The zero-order chi connectivity index (χ0) is 15.0. The van der Waals surface area contributed by atoms with Gasteiger partial charge in [-0.1, -0.05) is 6.07 Å². The highest BCUT2D eigenvalue weighted by molar-refractivity contribution is 5.41. The summed E-state index contributed by atoms with van der Waals surface area (Å²) in [5, 5.41) is 3.42. The second-order valence-corrected chi connectivity index (χ2v) is 6.18. The molecule has 1 fully saturated rings. The van der Waals surface area contributed by atoms with Crippen molar-refractivity contribution < 1.29 is 0 Å². The predicted molar refractivity (Wildman–Crippen MR) is 86.1 cm³/mol. The lowest BCUT2D eigenvalue weighted by molar-refractivity contribution is 0.679. The Labute approximate surface area is 125 Å². The number of hydrogen-bond acceptors (Lipinski definition) is 2. The Morgan fingerprint density at radius 1 is 1.10 bits per heavy atom. The Kier molecular flexibility index (Phi) is 3.68. The summed E-state index contributed by atoms with van der Waals surface area (Å²) in [5.74, 6) is 0. The van der Waals surface area contributed by atoms with Gasteiger partial charge in [-0.05, 0) is 56.9 Å². The molecule has 110 valence electrons. The molecule has 0 amide bonds. The number of pyridine rings is 1. The molecule has 0 saturated heterocycles. The zero-order valence-corrected chi connectivity index (χ0v) is 12.9. The van der Waals surface area contributed by atoms with Crippen LogP contribution in [0.3, 0.4) is 0 Å². The minimum Gasteiger partial charge on any atom is -0.321 e. The largest absolute Gasteiger partial charge is 0.321 e. The number of aromatic nitrogens is 1. The molecule has 1 aromatic carbocycles. The van der Waals surface area contributed by atoms with Crippen molar-refractivity contribution in [2.24, 2.45) is 0 Å². The van der Waals surface area contributed by atoms with E-state index in [1.807, 2.05) is 13.1 Å². The third-order valence-electron chi connectivity index (χ3n) is 3.96. The molecule has 1 saturated carbocycles. The first-order valence-corrected chi connectivity index (χ1v) is 7.57. The molecule has 0 unspecified atom stereocenters. The summed E-state index contributed by atoms with van der Waals surface area (Å²) in [6.07, 6.45) is 4.45. The van der Waals surface area contributed by atoms with Gasteiger partial charge < -0.3 is 9.88 Å². The first-order chi connectivity index (χ1) is 10.0. The normalized spacial score (nSPS) is 14.4. The number of rotatable bonds is 4. The summed E-state index contributed by atoms with van der Waals surface area (Å²) in [6, 6.07) is 8.82. The second-order valence-electron chi connectivity index (χ2n) is 6.18. The van der Waals surface area contributed by atoms with Gasteiger partial charge in [-0.25, -0.2) is 0 Å². The third-order valence-corrected chi connectivity index (χ3v) is 3.96. The van der Waals surface area contributed by atoms with Gasteiger partial charge in [-0.3, -0.25) is 4.79 Å². The fourth-order valence-corrected chi connectivity index (χ4v) is 2.72. The first kappa shape index (κ1) is 14.1. The fourth-order valence-electron chi connectivity index (χ4n) is 2.72. The molecular weight excluding hydrogens is 260 g/mol. The molecule has 3 nitrogen and oxygen atoms in total. The summed E-state index contributed by atoms with van der Waals surface area (Å²) < 4.78 is 2.12.